The molecule has 146 valence electrons. The Morgan fingerprint density at radius 3 is 2.69 bits per heavy atom. The van der Waals surface area contributed by atoms with E-state index in [-0.39, 0.29) is 35.3 Å². The summed E-state index contributed by atoms with van der Waals surface area (Å²) in [5.41, 5.74) is 5.36. The molecule has 0 radical (unpaired) electrons. The van der Waals surface area contributed by atoms with Crippen LogP contribution in [0.5, 0.6) is 0 Å². The van der Waals surface area contributed by atoms with Gasteiger partial charge in [0.25, 0.3) is 0 Å². The standard InChI is InChI=1S/C16H23N3O5S.ClH/c1-24-16(21)13-6-2-3-7-14(13)25(22,23)19-10-4-5-12(11-19)15(20)18-9-8-17;/h2-3,6-7,12H,4-5,8-11,17H2,1H3,(H,18,20);1H. The van der Waals surface area contributed by atoms with E-state index < -0.39 is 21.9 Å². The molecule has 26 heavy (non-hydrogen) atoms. The van der Waals surface area contributed by atoms with Gasteiger partial charge in [0.2, 0.25) is 15.9 Å². The van der Waals surface area contributed by atoms with E-state index in [0.717, 1.165) is 0 Å². The average Bonchev–Trinajstić information content (AvgIpc) is 2.65. The molecule has 8 nitrogen and oxygen atoms in total. The van der Waals surface area contributed by atoms with Crippen LogP contribution in [0.4, 0.5) is 0 Å². The van der Waals surface area contributed by atoms with Crippen molar-refractivity contribution in [3.63, 3.8) is 0 Å². The van der Waals surface area contributed by atoms with Crippen LogP contribution in [-0.2, 0) is 19.6 Å². The SMILES string of the molecule is COC(=O)c1ccccc1S(=O)(=O)N1CCCC(C(=O)NCCN)C1.Cl. The Morgan fingerprint density at radius 2 is 2.04 bits per heavy atom. The maximum absolute atomic E-state index is 13.0. The van der Waals surface area contributed by atoms with Crippen molar-refractivity contribution in [1.29, 1.82) is 0 Å². The first kappa shape index (κ1) is 22.4. The second-order valence-electron chi connectivity index (χ2n) is 5.77. The molecule has 0 aromatic heterocycles. The van der Waals surface area contributed by atoms with E-state index >= 15 is 0 Å². The van der Waals surface area contributed by atoms with Crippen molar-refractivity contribution < 1.29 is 22.7 Å². The molecule has 1 heterocycles. The number of esters is 1. The number of rotatable bonds is 6. The third-order valence-electron chi connectivity index (χ3n) is 4.11. The third-order valence-corrected chi connectivity index (χ3v) is 6.03. The lowest BCUT2D eigenvalue weighted by Gasteiger charge is -2.31. The Hall–Kier alpha value is -1.68. The number of halogens is 1. The lowest BCUT2D eigenvalue weighted by molar-refractivity contribution is -0.126. The molecule has 0 aliphatic carbocycles. The van der Waals surface area contributed by atoms with Gasteiger partial charge in [-0.2, -0.15) is 4.31 Å². The quantitative estimate of drug-likeness (QED) is 0.660. The summed E-state index contributed by atoms with van der Waals surface area (Å²) in [5.74, 6) is -1.35. The van der Waals surface area contributed by atoms with Crippen molar-refractivity contribution in [1.82, 2.24) is 9.62 Å². The summed E-state index contributed by atoms with van der Waals surface area (Å²) in [7, 11) is -2.71. The average molecular weight is 406 g/mol. The highest BCUT2D eigenvalue weighted by molar-refractivity contribution is 7.89. The van der Waals surface area contributed by atoms with Crippen molar-refractivity contribution in [3.8, 4) is 0 Å². The molecular weight excluding hydrogens is 382 g/mol. The Bertz CT molecular complexity index is 741. The number of carbonyl (C=O) groups is 2. The van der Waals surface area contributed by atoms with Crippen LogP contribution in [0.25, 0.3) is 0 Å². The smallest absolute Gasteiger partial charge is 0.339 e. The van der Waals surface area contributed by atoms with Gasteiger partial charge in [-0.05, 0) is 25.0 Å². The number of nitrogens with zero attached hydrogens (tertiary/aromatic N) is 1. The first-order valence-electron chi connectivity index (χ1n) is 8.07. The second-order valence-corrected chi connectivity index (χ2v) is 7.68. The maximum atomic E-state index is 13.0. The molecule has 3 N–H and O–H groups in total. The number of amides is 1. The van der Waals surface area contributed by atoms with Crippen molar-refractivity contribution in [2.75, 3.05) is 33.3 Å². The molecule has 2 rings (SSSR count). The minimum atomic E-state index is -3.91. The molecule has 1 aromatic carbocycles. The molecule has 1 unspecified atom stereocenters. The largest absolute Gasteiger partial charge is 0.465 e. The summed E-state index contributed by atoms with van der Waals surface area (Å²) in [4.78, 5) is 23.9. The van der Waals surface area contributed by atoms with Crippen LogP contribution in [0.2, 0.25) is 0 Å². The first-order valence-corrected chi connectivity index (χ1v) is 9.51. The molecule has 0 spiro atoms. The van der Waals surface area contributed by atoms with Gasteiger partial charge in [-0.3, -0.25) is 4.79 Å². The molecule has 1 aliphatic rings. The van der Waals surface area contributed by atoms with Gasteiger partial charge >= 0.3 is 5.97 Å². The number of sulfonamides is 1. The predicted octanol–water partition coefficient (Wildman–Crippen LogP) is 0.371. The van der Waals surface area contributed by atoms with E-state index in [0.29, 0.717) is 32.5 Å². The molecule has 0 bridgehead atoms. The van der Waals surface area contributed by atoms with Gasteiger partial charge in [-0.1, -0.05) is 12.1 Å². The van der Waals surface area contributed by atoms with Crippen molar-refractivity contribution >= 4 is 34.3 Å². The van der Waals surface area contributed by atoms with E-state index in [1.54, 1.807) is 12.1 Å². The van der Waals surface area contributed by atoms with Gasteiger partial charge < -0.3 is 15.8 Å². The molecule has 10 heteroatoms. The fourth-order valence-corrected chi connectivity index (χ4v) is 4.53. The van der Waals surface area contributed by atoms with Crippen molar-refractivity contribution in [3.05, 3.63) is 29.8 Å². The van der Waals surface area contributed by atoms with Gasteiger partial charge in [0.05, 0.1) is 23.5 Å². The van der Waals surface area contributed by atoms with Gasteiger partial charge in [-0.25, -0.2) is 13.2 Å². The Labute approximate surface area is 159 Å². The Balaban J connectivity index is 0.00000338. The highest BCUT2D eigenvalue weighted by atomic mass is 35.5. The van der Waals surface area contributed by atoms with Crippen LogP contribution < -0.4 is 11.1 Å². The number of carbonyl (C=O) groups excluding carboxylic acids is 2. The molecule has 1 aromatic rings. The maximum Gasteiger partial charge on any atom is 0.339 e. The number of hydrogen-bond donors (Lipinski definition) is 2. The number of hydrogen-bond acceptors (Lipinski definition) is 6. The van der Waals surface area contributed by atoms with Gasteiger partial charge in [0, 0.05) is 26.2 Å². The highest BCUT2D eigenvalue weighted by Gasteiger charge is 2.35. The van der Waals surface area contributed by atoms with Crippen molar-refractivity contribution in [2.24, 2.45) is 11.7 Å². The predicted molar refractivity (Wildman–Crippen MR) is 98.6 cm³/mol. The van der Waals surface area contributed by atoms with Gasteiger partial charge in [0.1, 0.15) is 0 Å². The van der Waals surface area contributed by atoms with Crippen LogP contribution in [0.3, 0.4) is 0 Å². The fraction of sp³-hybridized carbons (Fsp3) is 0.500. The normalized spacial score (nSPS) is 17.8. The number of nitrogens with one attached hydrogen (secondary N) is 1. The lowest BCUT2D eigenvalue weighted by Crippen LogP contribution is -2.46. The van der Waals surface area contributed by atoms with E-state index in [2.05, 4.69) is 10.1 Å². The number of nitrogens with two attached hydrogens (primary N) is 1. The topological polar surface area (TPSA) is 119 Å². The number of methoxy groups -OCH3 is 1. The zero-order chi connectivity index (χ0) is 18.4. The van der Waals surface area contributed by atoms with Gasteiger partial charge in [0.15, 0.2) is 0 Å². The van der Waals surface area contributed by atoms with Crippen LogP contribution in [-0.4, -0.2) is 57.9 Å². The minimum absolute atomic E-state index is 0. The Kier molecular flexibility index (Phi) is 8.48. The monoisotopic (exact) mass is 405 g/mol. The van der Waals surface area contributed by atoms with E-state index in [4.69, 9.17) is 5.73 Å². The molecule has 1 amide bonds. The van der Waals surface area contributed by atoms with E-state index in [1.165, 1.54) is 23.5 Å². The third kappa shape index (κ3) is 4.94. The summed E-state index contributed by atoms with van der Waals surface area (Å²) >= 11 is 0. The highest BCUT2D eigenvalue weighted by Crippen LogP contribution is 2.26. The molecular formula is C16H24ClN3O5S. The van der Waals surface area contributed by atoms with Crippen LogP contribution >= 0.6 is 12.4 Å². The zero-order valence-corrected chi connectivity index (χ0v) is 16.1. The van der Waals surface area contributed by atoms with Crippen molar-refractivity contribution in [2.45, 2.75) is 17.7 Å². The van der Waals surface area contributed by atoms with Crippen LogP contribution in [0, 0.1) is 5.92 Å². The van der Waals surface area contributed by atoms with Gasteiger partial charge in [-0.15, -0.1) is 12.4 Å². The number of benzene rings is 1. The lowest BCUT2D eigenvalue weighted by atomic mass is 9.99. The summed E-state index contributed by atoms with van der Waals surface area (Å²) in [5, 5.41) is 2.69. The van der Waals surface area contributed by atoms with E-state index in [1.807, 2.05) is 0 Å². The summed E-state index contributed by atoms with van der Waals surface area (Å²) in [6, 6.07) is 5.91. The first-order chi connectivity index (χ1) is 11.9. The fourth-order valence-electron chi connectivity index (χ4n) is 2.82. The molecule has 1 fully saturated rings. The summed E-state index contributed by atoms with van der Waals surface area (Å²) in [6.07, 6.45) is 1.18. The molecule has 1 atom stereocenters. The Morgan fingerprint density at radius 1 is 1.35 bits per heavy atom. The summed E-state index contributed by atoms with van der Waals surface area (Å²) < 4.78 is 31.9. The summed E-state index contributed by atoms with van der Waals surface area (Å²) in [6.45, 7) is 1.06. The van der Waals surface area contributed by atoms with Crippen LogP contribution in [0.15, 0.2) is 29.2 Å². The second kappa shape index (κ2) is 9.86. The number of piperidine rings is 1. The molecule has 0 saturated carbocycles. The minimum Gasteiger partial charge on any atom is -0.465 e. The van der Waals surface area contributed by atoms with E-state index in [9.17, 15) is 18.0 Å². The van der Waals surface area contributed by atoms with Crippen LogP contribution in [0.1, 0.15) is 23.2 Å². The number of ether oxygens (including phenoxy) is 1. The zero-order valence-electron chi connectivity index (χ0n) is 14.5. The molecule has 1 aliphatic heterocycles. The molecule has 1 saturated heterocycles.